The quantitative estimate of drug-likeness (QED) is 0.369. The van der Waals surface area contributed by atoms with Gasteiger partial charge < -0.3 is 9.64 Å². The van der Waals surface area contributed by atoms with E-state index in [1.54, 1.807) is 0 Å². The van der Waals surface area contributed by atoms with Gasteiger partial charge in [0.25, 0.3) is 0 Å². The average Bonchev–Trinajstić information content (AvgIpc) is 2.57. The van der Waals surface area contributed by atoms with Crippen molar-refractivity contribution in [3.63, 3.8) is 0 Å². The van der Waals surface area contributed by atoms with E-state index in [9.17, 15) is 0 Å². The topological polar surface area (TPSA) is 36.3 Å². The average molecular weight is 402 g/mol. The van der Waals surface area contributed by atoms with Crippen molar-refractivity contribution in [1.82, 2.24) is 0 Å². The monoisotopic (exact) mass is 400 g/mol. The van der Waals surface area contributed by atoms with Crippen LogP contribution in [0.5, 0.6) is 0 Å². The Morgan fingerprint density at radius 3 is 2.74 bits per heavy atom. The minimum Gasteiger partial charge on any atom is -0.481 e. The smallest absolute Gasteiger partial charge is 0.188 e. The van der Waals surface area contributed by atoms with Crippen LogP contribution < -0.4 is 4.90 Å². The Bertz CT molecular complexity index is 518. The molecule has 0 aromatic heterocycles. The van der Waals surface area contributed by atoms with E-state index in [2.05, 4.69) is 39.0 Å². The van der Waals surface area contributed by atoms with Crippen LogP contribution in [-0.4, -0.2) is 31.5 Å². The molecule has 0 amide bonds. The van der Waals surface area contributed by atoms with E-state index >= 15 is 0 Å². The second-order valence-corrected chi connectivity index (χ2v) is 7.17. The molecule has 2 rings (SSSR count). The van der Waals surface area contributed by atoms with Crippen LogP contribution in [0.3, 0.4) is 0 Å². The van der Waals surface area contributed by atoms with Crippen LogP contribution in [0.15, 0.2) is 22.7 Å². The first-order chi connectivity index (χ1) is 11.2. The Morgan fingerprint density at radius 1 is 1.35 bits per heavy atom. The van der Waals surface area contributed by atoms with Crippen molar-refractivity contribution in [3.05, 3.63) is 28.2 Å². The third-order valence-corrected chi connectivity index (χ3v) is 5.31. The minimum absolute atomic E-state index is 0.0344. The molecule has 1 aromatic carbocycles. The van der Waals surface area contributed by atoms with Crippen LogP contribution in [0.4, 0.5) is 5.69 Å². The lowest BCUT2D eigenvalue weighted by atomic mass is 9.93. The lowest BCUT2D eigenvalue weighted by molar-refractivity contribution is 0.305. The van der Waals surface area contributed by atoms with Gasteiger partial charge in [0.15, 0.2) is 5.90 Å². The number of alkyl halides is 1. The summed E-state index contributed by atoms with van der Waals surface area (Å²) in [5.74, 6) is 0.918. The fourth-order valence-corrected chi connectivity index (χ4v) is 3.79. The number of nitrogens with one attached hydrogen (secondary N) is 1. The summed E-state index contributed by atoms with van der Waals surface area (Å²) in [5.41, 5.74) is 2.39. The summed E-state index contributed by atoms with van der Waals surface area (Å²) >= 11 is 9.54. The molecule has 1 saturated heterocycles. The number of hydrogen-bond acceptors (Lipinski definition) is 3. The molecule has 1 fully saturated rings. The van der Waals surface area contributed by atoms with Gasteiger partial charge in [-0.25, -0.2) is 0 Å². The maximum Gasteiger partial charge on any atom is 0.188 e. The van der Waals surface area contributed by atoms with Gasteiger partial charge >= 0.3 is 0 Å². The van der Waals surface area contributed by atoms with Crippen LogP contribution >= 0.6 is 27.5 Å². The molecule has 1 aliphatic heterocycles. The molecular weight excluding hydrogens is 376 g/mol. The molecule has 0 spiro atoms. The molecule has 0 aliphatic carbocycles. The fraction of sp³-hybridized carbons (Fsp3) is 0.611. The molecule has 1 N–H and O–H groups in total. The molecule has 1 heterocycles. The zero-order valence-corrected chi connectivity index (χ0v) is 16.1. The van der Waals surface area contributed by atoms with Gasteiger partial charge in [0, 0.05) is 29.1 Å². The van der Waals surface area contributed by atoms with E-state index in [1.165, 1.54) is 24.9 Å². The molecule has 1 aromatic rings. The van der Waals surface area contributed by atoms with Gasteiger partial charge in [-0.1, -0.05) is 15.9 Å². The number of anilines is 1. The minimum atomic E-state index is -0.0344. The highest BCUT2D eigenvalue weighted by Gasteiger charge is 2.22. The van der Waals surface area contributed by atoms with E-state index in [0.29, 0.717) is 18.4 Å². The van der Waals surface area contributed by atoms with Gasteiger partial charge in [-0.15, -0.1) is 11.6 Å². The molecule has 1 atom stereocenters. The highest BCUT2D eigenvalue weighted by Crippen LogP contribution is 2.34. The largest absolute Gasteiger partial charge is 0.481 e. The number of benzene rings is 1. The van der Waals surface area contributed by atoms with Crippen LogP contribution in [0.2, 0.25) is 0 Å². The van der Waals surface area contributed by atoms with E-state index in [1.807, 2.05) is 6.92 Å². The Labute approximate surface area is 153 Å². The summed E-state index contributed by atoms with van der Waals surface area (Å²) in [6, 6.07) is 6.50. The fourth-order valence-electron chi connectivity index (χ4n) is 3.11. The first-order valence-corrected chi connectivity index (χ1v) is 9.81. The molecule has 1 aliphatic rings. The maximum absolute atomic E-state index is 8.27. The Kier molecular flexibility index (Phi) is 7.71. The molecular formula is C18H26BrClN2O. The lowest BCUT2D eigenvalue weighted by Crippen LogP contribution is -2.29. The van der Waals surface area contributed by atoms with Crippen molar-refractivity contribution in [1.29, 1.82) is 5.41 Å². The van der Waals surface area contributed by atoms with Crippen LogP contribution in [0, 0.1) is 5.41 Å². The molecule has 3 nitrogen and oxygen atoms in total. The predicted molar refractivity (Wildman–Crippen MR) is 102 cm³/mol. The van der Waals surface area contributed by atoms with Gasteiger partial charge in [0.1, 0.15) is 0 Å². The summed E-state index contributed by atoms with van der Waals surface area (Å²) in [5, 5.41) is 8.27. The van der Waals surface area contributed by atoms with Crippen molar-refractivity contribution in [2.45, 2.75) is 44.9 Å². The van der Waals surface area contributed by atoms with Gasteiger partial charge in [-0.2, -0.15) is 0 Å². The standard InChI is InChI=1S/C18H26BrClN2O/c1-2-23-18(21)15(7-6-10-20)16-13-14(8-9-17(16)19)22-11-4-3-5-12-22/h8-9,13,15,21H,2-7,10-12H2,1H3. The first kappa shape index (κ1) is 18.6. The van der Waals surface area contributed by atoms with E-state index < -0.39 is 0 Å². The van der Waals surface area contributed by atoms with Crippen LogP contribution in [0.25, 0.3) is 0 Å². The first-order valence-electron chi connectivity index (χ1n) is 8.49. The third-order valence-electron chi connectivity index (χ3n) is 4.32. The van der Waals surface area contributed by atoms with Crippen molar-refractivity contribution >= 4 is 39.1 Å². The van der Waals surface area contributed by atoms with Gasteiger partial charge in [0.05, 0.1) is 12.5 Å². The number of rotatable bonds is 7. The van der Waals surface area contributed by atoms with Crippen molar-refractivity contribution in [3.8, 4) is 0 Å². The molecule has 23 heavy (non-hydrogen) atoms. The molecule has 0 bridgehead atoms. The van der Waals surface area contributed by atoms with Gasteiger partial charge in [0.2, 0.25) is 0 Å². The summed E-state index contributed by atoms with van der Waals surface area (Å²) in [6.07, 6.45) is 5.56. The number of piperidine rings is 1. The third kappa shape index (κ3) is 5.12. The normalized spacial score (nSPS) is 16.2. The Hall–Kier alpha value is -0.740. The van der Waals surface area contributed by atoms with Crippen LogP contribution in [0.1, 0.15) is 50.5 Å². The summed E-state index contributed by atoms with van der Waals surface area (Å²) in [7, 11) is 0. The Morgan fingerprint density at radius 2 is 2.09 bits per heavy atom. The summed E-state index contributed by atoms with van der Waals surface area (Å²) < 4.78 is 6.55. The zero-order valence-electron chi connectivity index (χ0n) is 13.8. The SMILES string of the molecule is CCOC(=N)C(CCCCl)c1cc(N2CCCCC2)ccc1Br. The van der Waals surface area contributed by atoms with Crippen molar-refractivity contribution in [2.75, 3.05) is 30.5 Å². The second-order valence-electron chi connectivity index (χ2n) is 5.93. The van der Waals surface area contributed by atoms with Crippen molar-refractivity contribution < 1.29 is 4.74 Å². The summed E-state index contributed by atoms with van der Waals surface area (Å²) in [4.78, 5) is 2.45. The van der Waals surface area contributed by atoms with Crippen molar-refractivity contribution in [2.24, 2.45) is 0 Å². The maximum atomic E-state index is 8.27. The molecule has 0 radical (unpaired) electrons. The van der Waals surface area contributed by atoms with Crippen LogP contribution in [-0.2, 0) is 4.74 Å². The highest BCUT2D eigenvalue weighted by atomic mass is 79.9. The van der Waals surface area contributed by atoms with E-state index in [-0.39, 0.29) is 5.92 Å². The Balaban J connectivity index is 2.26. The predicted octanol–water partition coefficient (Wildman–Crippen LogP) is 5.56. The van der Waals surface area contributed by atoms with E-state index in [4.69, 9.17) is 21.7 Å². The molecule has 5 heteroatoms. The lowest BCUT2D eigenvalue weighted by Gasteiger charge is -2.30. The van der Waals surface area contributed by atoms with Gasteiger partial charge in [-0.3, -0.25) is 5.41 Å². The number of ether oxygens (including phenoxy) is 1. The van der Waals surface area contributed by atoms with Gasteiger partial charge in [-0.05, 0) is 62.8 Å². The second kappa shape index (κ2) is 9.53. The molecule has 128 valence electrons. The number of halogens is 2. The highest BCUT2D eigenvalue weighted by molar-refractivity contribution is 9.10. The number of nitrogens with zero attached hydrogens (tertiary/aromatic N) is 1. The molecule has 1 unspecified atom stereocenters. The summed E-state index contributed by atoms with van der Waals surface area (Å²) in [6.45, 7) is 4.69. The van der Waals surface area contributed by atoms with E-state index in [0.717, 1.165) is 36.0 Å². The molecule has 0 saturated carbocycles. The number of hydrogen-bond donors (Lipinski definition) is 1. The zero-order chi connectivity index (χ0) is 16.7.